The number of carbonyl (C=O) groups is 1. The molecule has 1 saturated carbocycles. The predicted octanol–water partition coefficient (Wildman–Crippen LogP) is 3.23. The van der Waals surface area contributed by atoms with E-state index >= 15 is 0 Å². The highest BCUT2D eigenvalue weighted by atomic mass is 19.4. The number of aromatic carboxylic acids is 1. The normalized spacial score (nSPS) is 21.6. The average Bonchev–Trinajstić information content (AvgIpc) is 3.37. The number of hydrogen-bond donors (Lipinski definition) is 0. The predicted molar refractivity (Wildman–Crippen MR) is 94.3 cm³/mol. The maximum atomic E-state index is 12.6. The Labute approximate surface area is 161 Å². The fourth-order valence-corrected chi connectivity index (χ4v) is 4.43. The molecule has 1 unspecified atom stereocenters. The molecule has 2 fully saturated rings. The molecular formula is C21H20F3N2O2-. The highest BCUT2D eigenvalue weighted by Gasteiger charge is 2.55. The van der Waals surface area contributed by atoms with E-state index < -0.39 is 17.8 Å². The summed E-state index contributed by atoms with van der Waals surface area (Å²) in [6.07, 6.45) is -0.241. The second-order valence-electron chi connectivity index (χ2n) is 7.82. The Balaban J connectivity index is 1.37. The van der Waals surface area contributed by atoms with Gasteiger partial charge in [0.25, 0.3) is 0 Å². The smallest absolute Gasteiger partial charge is 0.433 e. The van der Waals surface area contributed by atoms with E-state index in [1.807, 2.05) is 12.1 Å². The van der Waals surface area contributed by atoms with E-state index in [1.54, 1.807) is 12.1 Å². The van der Waals surface area contributed by atoms with Gasteiger partial charge in [0, 0.05) is 18.3 Å². The lowest BCUT2D eigenvalue weighted by Crippen LogP contribution is -2.34. The SMILES string of the molecule is O=C([O-])c1ccccc1C1CC12CCN(Cc1ccc(C(F)(F)F)nc1)CC2. The van der Waals surface area contributed by atoms with E-state index in [0.717, 1.165) is 49.5 Å². The molecule has 2 heterocycles. The van der Waals surface area contributed by atoms with Crippen LogP contribution in [-0.4, -0.2) is 28.9 Å². The zero-order chi connectivity index (χ0) is 19.9. The van der Waals surface area contributed by atoms with Gasteiger partial charge in [0.05, 0.1) is 5.97 Å². The molecule has 0 N–H and O–H groups in total. The van der Waals surface area contributed by atoms with E-state index in [0.29, 0.717) is 6.54 Å². The van der Waals surface area contributed by atoms with Crippen molar-refractivity contribution in [3.63, 3.8) is 0 Å². The number of carboxylic acids is 1. The van der Waals surface area contributed by atoms with Crippen molar-refractivity contribution in [1.82, 2.24) is 9.88 Å². The summed E-state index contributed by atoms with van der Waals surface area (Å²) in [6.45, 7) is 2.25. The van der Waals surface area contributed by atoms with Crippen molar-refractivity contribution in [2.24, 2.45) is 5.41 Å². The maximum absolute atomic E-state index is 12.6. The largest absolute Gasteiger partial charge is 0.545 e. The second kappa shape index (κ2) is 6.88. The topological polar surface area (TPSA) is 56.3 Å². The number of nitrogens with zero attached hydrogens (tertiary/aromatic N) is 2. The quantitative estimate of drug-likeness (QED) is 0.806. The third-order valence-corrected chi connectivity index (χ3v) is 6.12. The zero-order valence-corrected chi connectivity index (χ0v) is 15.2. The summed E-state index contributed by atoms with van der Waals surface area (Å²) in [5.41, 5.74) is 1.17. The van der Waals surface area contributed by atoms with Crippen molar-refractivity contribution in [3.05, 3.63) is 65.0 Å². The van der Waals surface area contributed by atoms with Crippen molar-refractivity contribution in [2.45, 2.75) is 37.9 Å². The summed E-state index contributed by atoms with van der Waals surface area (Å²) in [7, 11) is 0. The van der Waals surface area contributed by atoms with Gasteiger partial charge in [0.15, 0.2) is 0 Å². The van der Waals surface area contributed by atoms with Crippen LogP contribution in [0.15, 0.2) is 42.6 Å². The molecule has 1 aliphatic heterocycles. The molecular weight excluding hydrogens is 369 g/mol. The molecule has 1 atom stereocenters. The van der Waals surface area contributed by atoms with Gasteiger partial charge in [-0.15, -0.1) is 0 Å². The van der Waals surface area contributed by atoms with Gasteiger partial charge in [-0.2, -0.15) is 13.2 Å². The number of carboxylic acid groups (broad SMARTS) is 1. The first kappa shape index (κ1) is 18.9. The number of halogens is 3. The number of likely N-dealkylation sites (tertiary alicyclic amines) is 1. The van der Waals surface area contributed by atoms with Crippen LogP contribution in [0.3, 0.4) is 0 Å². The number of pyridine rings is 1. The molecule has 1 aliphatic carbocycles. The molecule has 0 bridgehead atoms. The molecule has 1 spiro atoms. The Kier molecular flexibility index (Phi) is 4.65. The highest BCUT2D eigenvalue weighted by molar-refractivity contribution is 5.88. The standard InChI is InChI=1S/C21H21F3N2O2/c22-21(23,24)18-6-5-14(12-25-18)13-26-9-7-20(8-10-26)11-17(20)15-3-1-2-4-16(15)19(27)28/h1-6,12,17H,7-11,13H2,(H,27,28)/p-1. The Hall–Kier alpha value is -2.41. The fraction of sp³-hybridized carbons (Fsp3) is 0.429. The van der Waals surface area contributed by atoms with Gasteiger partial charge in [0.1, 0.15) is 5.69 Å². The molecule has 4 rings (SSSR count). The first-order chi connectivity index (χ1) is 13.3. The van der Waals surface area contributed by atoms with Crippen LogP contribution in [0.5, 0.6) is 0 Å². The zero-order valence-electron chi connectivity index (χ0n) is 15.2. The molecule has 7 heteroatoms. The van der Waals surface area contributed by atoms with Gasteiger partial charge in [-0.05, 0) is 60.9 Å². The number of carbonyl (C=O) groups excluding carboxylic acids is 1. The van der Waals surface area contributed by atoms with E-state index in [-0.39, 0.29) is 16.9 Å². The first-order valence-electron chi connectivity index (χ1n) is 9.33. The maximum Gasteiger partial charge on any atom is 0.433 e. The number of aromatic nitrogens is 1. The Morgan fingerprint density at radius 1 is 1.18 bits per heavy atom. The third kappa shape index (κ3) is 3.63. The summed E-state index contributed by atoms with van der Waals surface area (Å²) in [5.74, 6) is -0.888. The minimum atomic E-state index is -4.42. The lowest BCUT2D eigenvalue weighted by atomic mass is 9.87. The van der Waals surface area contributed by atoms with Gasteiger partial charge < -0.3 is 9.90 Å². The Bertz CT molecular complexity index is 872. The molecule has 0 amide bonds. The van der Waals surface area contributed by atoms with Crippen LogP contribution in [-0.2, 0) is 12.7 Å². The molecule has 0 radical (unpaired) electrons. The number of benzene rings is 1. The highest BCUT2D eigenvalue weighted by Crippen LogP contribution is 2.65. The Morgan fingerprint density at radius 3 is 2.50 bits per heavy atom. The van der Waals surface area contributed by atoms with Crippen LogP contribution in [0.1, 0.15) is 52.4 Å². The van der Waals surface area contributed by atoms with Gasteiger partial charge in [-0.25, -0.2) is 0 Å². The van der Waals surface area contributed by atoms with Crippen LogP contribution < -0.4 is 5.11 Å². The molecule has 2 aliphatic rings. The summed E-state index contributed by atoms with van der Waals surface area (Å²) in [6, 6.07) is 9.56. The lowest BCUT2D eigenvalue weighted by Gasteiger charge is -2.33. The number of alkyl halides is 3. The Morgan fingerprint density at radius 2 is 1.89 bits per heavy atom. The first-order valence-corrected chi connectivity index (χ1v) is 9.33. The van der Waals surface area contributed by atoms with Crippen molar-refractivity contribution in [3.8, 4) is 0 Å². The average molecular weight is 389 g/mol. The summed E-state index contributed by atoms with van der Waals surface area (Å²) in [5, 5.41) is 11.4. The number of rotatable bonds is 4. The summed E-state index contributed by atoms with van der Waals surface area (Å²) < 4.78 is 37.8. The van der Waals surface area contributed by atoms with E-state index in [9.17, 15) is 23.1 Å². The van der Waals surface area contributed by atoms with Gasteiger partial charge in [-0.1, -0.05) is 30.3 Å². The lowest BCUT2D eigenvalue weighted by molar-refractivity contribution is -0.255. The molecule has 1 aromatic carbocycles. The molecule has 1 saturated heterocycles. The molecule has 148 valence electrons. The monoisotopic (exact) mass is 389 g/mol. The molecule has 28 heavy (non-hydrogen) atoms. The molecule has 2 aromatic rings. The van der Waals surface area contributed by atoms with E-state index in [2.05, 4.69) is 9.88 Å². The van der Waals surface area contributed by atoms with Crippen molar-refractivity contribution in [2.75, 3.05) is 13.1 Å². The van der Waals surface area contributed by atoms with Crippen molar-refractivity contribution < 1.29 is 23.1 Å². The van der Waals surface area contributed by atoms with Gasteiger partial charge in [0.2, 0.25) is 0 Å². The number of hydrogen-bond acceptors (Lipinski definition) is 4. The van der Waals surface area contributed by atoms with Crippen LogP contribution >= 0.6 is 0 Å². The van der Waals surface area contributed by atoms with Crippen molar-refractivity contribution >= 4 is 5.97 Å². The van der Waals surface area contributed by atoms with Crippen LogP contribution in [0.2, 0.25) is 0 Å². The number of piperidine rings is 1. The van der Waals surface area contributed by atoms with Crippen molar-refractivity contribution in [1.29, 1.82) is 0 Å². The summed E-state index contributed by atoms with van der Waals surface area (Å²) in [4.78, 5) is 17.1. The minimum Gasteiger partial charge on any atom is -0.545 e. The van der Waals surface area contributed by atoms with Crippen LogP contribution in [0, 0.1) is 5.41 Å². The summed E-state index contributed by atoms with van der Waals surface area (Å²) >= 11 is 0. The van der Waals surface area contributed by atoms with E-state index in [1.165, 1.54) is 12.3 Å². The fourth-order valence-electron chi connectivity index (χ4n) is 4.43. The molecule has 1 aromatic heterocycles. The van der Waals surface area contributed by atoms with Gasteiger partial charge >= 0.3 is 6.18 Å². The third-order valence-electron chi connectivity index (χ3n) is 6.12. The second-order valence-corrected chi connectivity index (χ2v) is 7.82. The van der Waals surface area contributed by atoms with E-state index in [4.69, 9.17) is 0 Å². The molecule has 4 nitrogen and oxygen atoms in total. The van der Waals surface area contributed by atoms with Crippen LogP contribution in [0.25, 0.3) is 0 Å². The minimum absolute atomic E-state index is 0.139. The van der Waals surface area contributed by atoms with Crippen LogP contribution in [0.4, 0.5) is 13.2 Å². The van der Waals surface area contributed by atoms with Gasteiger partial charge in [-0.3, -0.25) is 9.88 Å².